The SMILES string of the molecule is O=C(CCc1ccc(F)cc1)NCCN1CCCS1(=O)=O. The van der Waals surface area contributed by atoms with Gasteiger partial charge in [-0.15, -0.1) is 0 Å². The Balaban J connectivity index is 1.67. The third-order valence-electron chi connectivity index (χ3n) is 3.44. The lowest BCUT2D eigenvalue weighted by molar-refractivity contribution is -0.121. The Bertz CT molecular complexity index is 587. The number of carbonyl (C=O) groups is 1. The summed E-state index contributed by atoms with van der Waals surface area (Å²) in [7, 11) is -3.10. The van der Waals surface area contributed by atoms with Crippen molar-refractivity contribution < 1.29 is 17.6 Å². The van der Waals surface area contributed by atoms with Crippen molar-refractivity contribution in [3.05, 3.63) is 35.6 Å². The Labute approximate surface area is 124 Å². The number of benzene rings is 1. The van der Waals surface area contributed by atoms with Gasteiger partial charge in [0.1, 0.15) is 5.82 Å². The predicted octanol–water partition coefficient (Wildman–Crippen LogP) is 0.910. The van der Waals surface area contributed by atoms with Crippen molar-refractivity contribution in [1.82, 2.24) is 9.62 Å². The lowest BCUT2D eigenvalue weighted by atomic mass is 10.1. The maximum Gasteiger partial charge on any atom is 0.220 e. The van der Waals surface area contributed by atoms with Crippen LogP contribution >= 0.6 is 0 Å². The minimum Gasteiger partial charge on any atom is -0.355 e. The third kappa shape index (κ3) is 4.78. The van der Waals surface area contributed by atoms with Crippen molar-refractivity contribution in [3.8, 4) is 0 Å². The van der Waals surface area contributed by atoms with E-state index in [2.05, 4.69) is 5.32 Å². The lowest BCUT2D eigenvalue weighted by Gasteiger charge is -2.14. The van der Waals surface area contributed by atoms with Gasteiger partial charge in [0, 0.05) is 26.1 Å². The highest BCUT2D eigenvalue weighted by atomic mass is 32.2. The highest BCUT2D eigenvalue weighted by molar-refractivity contribution is 7.89. The van der Waals surface area contributed by atoms with Gasteiger partial charge in [-0.05, 0) is 30.5 Å². The number of sulfonamides is 1. The van der Waals surface area contributed by atoms with E-state index < -0.39 is 10.0 Å². The molecule has 1 fully saturated rings. The molecule has 0 bridgehead atoms. The van der Waals surface area contributed by atoms with Crippen LogP contribution in [0.25, 0.3) is 0 Å². The molecule has 1 amide bonds. The largest absolute Gasteiger partial charge is 0.355 e. The maximum absolute atomic E-state index is 12.7. The molecule has 1 saturated heterocycles. The molecule has 5 nitrogen and oxygen atoms in total. The molecule has 1 aliphatic rings. The minimum atomic E-state index is -3.10. The van der Waals surface area contributed by atoms with E-state index >= 15 is 0 Å². The number of halogens is 1. The summed E-state index contributed by atoms with van der Waals surface area (Å²) >= 11 is 0. The fourth-order valence-electron chi connectivity index (χ4n) is 2.26. The van der Waals surface area contributed by atoms with Crippen molar-refractivity contribution in [3.63, 3.8) is 0 Å². The molecule has 0 saturated carbocycles. The highest BCUT2D eigenvalue weighted by Crippen LogP contribution is 2.11. The first kappa shape index (κ1) is 15.9. The summed E-state index contributed by atoms with van der Waals surface area (Å²) < 4.78 is 37.3. The van der Waals surface area contributed by atoms with Crippen LogP contribution < -0.4 is 5.32 Å². The normalized spacial score (nSPS) is 17.8. The van der Waals surface area contributed by atoms with Crippen molar-refractivity contribution in [2.24, 2.45) is 0 Å². The van der Waals surface area contributed by atoms with Crippen LogP contribution in [0.15, 0.2) is 24.3 Å². The molecular weight excluding hydrogens is 295 g/mol. The summed E-state index contributed by atoms with van der Waals surface area (Å²) in [6.45, 7) is 1.18. The lowest BCUT2D eigenvalue weighted by Crippen LogP contribution is -2.35. The number of hydrogen-bond acceptors (Lipinski definition) is 3. The number of aryl methyl sites for hydroxylation is 1. The van der Waals surface area contributed by atoms with Gasteiger partial charge in [-0.1, -0.05) is 12.1 Å². The summed E-state index contributed by atoms with van der Waals surface area (Å²) in [6, 6.07) is 6.04. The standard InChI is InChI=1S/C14H19FN2O3S/c15-13-5-2-12(3-6-13)4-7-14(18)16-8-10-17-9-1-11-21(17,19)20/h2-3,5-6H,1,4,7-11H2,(H,16,18). The molecular formula is C14H19FN2O3S. The maximum atomic E-state index is 12.7. The van der Waals surface area contributed by atoms with Gasteiger partial charge in [0.25, 0.3) is 0 Å². The second-order valence-electron chi connectivity index (χ2n) is 5.05. The smallest absolute Gasteiger partial charge is 0.220 e. The topological polar surface area (TPSA) is 66.5 Å². The molecule has 21 heavy (non-hydrogen) atoms. The van der Waals surface area contributed by atoms with E-state index in [0.29, 0.717) is 38.9 Å². The van der Waals surface area contributed by atoms with Crippen LogP contribution in [0.2, 0.25) is 0 Å². The number of nitrogens with zero attached hydrogens (tertiary/aromatic N) is 1. The second-order valence-corrected chi connectivity index (χ2v) is 7.13. The summed E-state index contributed by atoms with van der Waals surface area (Å²) in [5.74, 6) is -0.225. The van der Waals surface area contributed by atoms with E-state index in [9.17, 15) is 17.6 Å². The first-order valence-corrected chi connectivity index (χ1v) is 8.57. The molecule has 0 aromatic heterocycles. The van der Waals surface area contributed by atoms with Gasteiger partial charge >= 0.3 is 0 Å². The van der Waals surface area contributed by atoms with Gasteiger partial charge in [-0.3, -0.25) is 4.79 Å². The average Bonchev–Trinajstić information content (AvgIpc) is 2.77. The van der Waals surface area contributed by atoms with Gasteiger partial charge in [0.05, 0.1) is 5.75 Å². The van der Waals surface area contributed by atoms with Crippen molar-refractivity contribution >= 4 is 15.9 Å². The van der Waals surface area contributed by atoms with E-state index in [1.54, 1.807) is 12.1 Å². The molecule has 116 valence electrons. The molecule has 1 aromatic carbocycles. The molecule has 1 N–H and O–H groups in total. The highest BCUT2D eigenvalue weighted by Gasteiger charge is 2.27. The van der Waals surface area contributed by atoms with Crippen LogP contribution in [-0.4, -0.2) is 44.0 Å². The summed E-state index contributed by atoms with van der Waals surface area (Å²) in [6.07, 6.45) is 1.49. The molecule has 0 unspecified atom stereocenters. The molecule has 0 radical (unpaired) electrons. The number of amides is 1. The van der Waals surface area contributed by atoms with E-state index in [1.807, 2.05) is 0 Å². The van der Waals surface area contributed by atoms with E-state index in [-0.39, 0.29) is 17.5 Å². The van der Waals surface area contributed by atoms with Crippen LogP contribution in [-0.2, 0) is 21.2 Å². The van der Waals surface area contributed by atoms with Crippen molar-refractivity contribution in [1.29, 1.82) is 0 Å². The molecule has 0 atom stereocenters. The van der Waals surface area contributed by atoms with E-state index in [4.69, 9.17) is 0 Å². The number of nitrogens with one attached hydrogen (secondary N) is 1. The minimum absolute atomic E-state index is 0.129. The zero-order chi connectivity index (χ0) is 15.3. The summed E-state index contributed by atoms with van der Waals surface area (Å²) in [4.78, 5) is 11.7. The first-order chi connectivity index (χ1) is 9.97. The fourth-order valence-corrected chi connectivity index (χ4v) is 3.79. The van der Waals surface area contributed by atoms with Gasteiger partial charge in [-0.25, -0.2) is 17.1 Å². The fraction of sp³-hybridized carbons (Fsp3) is 0.500. The van der Waals surface area contributed by atoms with Crippen molar-refractivity contribution in [2.75, 3.05) is 25.4 Å². The zero-order valence-corrected chi connectivity index (χ0v) is 12.5. The zero-order valence-electron chi connectivity index (χ0n) is 11.7. The van der Waals surface area contributed by atoms with Crippen LogP contribution in [0.4, 0.5) is 4.39 Å². The van der Waals surface area contributed by atoms with Gasteiger partial charge < -0.3 is 5.32 Å². The molecule has 2 rings (SSSR count). The number of rotatable bonds is 6. The Hall–Kier alpha value is -1.47. The molecule has 1 aliphatic heterocycles. The van der Waals surface area contributed by atoms with Gasteiger partial charge in [0.15, 0.2) is 0 Å². The summed E-state index contributed by atoms with van der Waals surface area (Å²) in [5, 5.41) is 2.71. The predicted molar refractivity (Wildman–Crippen MR) is 77.7 cm³/mol. The van der Waals surface area contributed by atoms with E-state index in [1.165, 1.54) is 16.4 Å². The third-order valence-corrected chi connectivity index (χ3v) is 5.40. The van der Waals surface area contributed by atoms with Gasteiger partial charge in [0.2, 0.25) is 15.9 Å². The Kier molecular flexibility index (Phi) is 5.30. The molecule has 0 aliphatic carbocycles. The summed E-state index contributed by atoms with van der Waals surface area (Å²) in [5.41, 5.74) is 0.897. The molecule has 0 spiro atoms. The number of hydrogen-bond donors (Lipinski definition) is 1. The van der Waals surface area contributed by atoms with Gasteiger partial charge in [-0.2, -0.15) is 0 Å². The number of carbonyl (C=O) groups excluding carboxylic acids is 1. The Morgan fingerprint density at radius 1 is 1.29 bits per heavy atom. The van der Waals surface area contributed by atoms with Crippen LogP contribution in [0, 0.1) is 5.82 Å². The first-order valence-electron chi connectivity index (χ1n) is 6.96. The van der Waals surface area contributed by atoms with Crippen LogP contribution in [0.3, 0.4) is 0 Å². The van der Waals surface area contributed by atoms with Crippen molar-refractivity contribution in [2.45, 2.75) is 19.3 Å². The molecule has 7 heteroatoms. The Morgan fingerprint density at radius 3 is 2.62 bits per heavy atom. The monoisotopic (exact) mass is 314 g/mol. The average molecular weight is 314 g/mol. The quantitative estimate of drug-likeness (QED) is 0.849. The van der Waals surface area contributed by atoms with Crippen LogP contribution in [0.1, 0.15) is 18.4 Å². The Morgan fingerprint density at radius 2 is 2.00 bits per heavy atom. The molecule has 1 heterocycles. The van der Waals surface area contributed by atoms with E-state index in [0.717, 1.165) is 5.56 Å². The second kappa shape index (κ2) is 7.00. The molecule has 1 aromatic rings. The van der Waals surface area contributed by atoms with Crippen LogP contribution in [0.5, 0.6) is 0 Å².